The minimum absolute atomic E-state index is 0.0775. The van der Waals surface area contributed by atoms with Crippen molar-refractivity contribution in [1.29, 1.82) is 0 Å². The van der Waals surface area contributed by atoms with Crippen LogP contribution in [0.15, 0.2) is 0 Å². The molecule has 1 N–H and O–H groups in total. The van der Waals surface area contributed by atoms with E-state index in [0.29, 0.717) is 6.61 Å². The molecule has 2 fully saturated rings. The zero-order valence-corrected chi connectivity index (χ0v) is 13.9. The van der Waals surface area contributed by atoms with Gasteiger partial charge in [-0.3, -0.25) is 0 Å². The van der Waals surface area contributed by atoms with Gasteiger partial charge in [0.1, 0.15) is 5.60 Å². The van der Waals surface area contributed by atoms with E-state index in [-0.39, 0.29) is 12.2 Å². The van der Waals surface area contributed by atoms with Crippen LogP contribution < -0.4 is 0 Å². The molecule has 0 aromatic rings. The molecule has 0 aromatic heterocycles. The highest BCUT2D eigenvalue weighted by atomic mass is 28.4. The largest absolute Gasteiger partial charge is 0.411 e. The molecule has 0 radical (unpaired) electrons. The zero-order chi connectivity index (χ0) is 14.7. The Balaban J connectivity index is 2.45. The summed E-state index contributed by atoms with van der Waals surface area (Å²) < 4.78 is 23.7. The van der Waals surface area contributed by atoms with E-state index in [2.05, 4.69) is 6.92 Å². The van der Waals surface area contributed by atoms with Crippen LogP contribution in [0.5, 0.6) is 0 Å². The molecule has 19 heavy (non-hydrogen) atoms. The van der Waals surface area contributed by atoms with Gasteiger partial charge in [0.05, 0.1) is 24.2 Å². The Morgan fingerprint density at radius 1 is 1.26 bits per heavy atom. The van der Waals surface area contributed by atoms with Gasteiger partial charge in [-0.05, 0) is 40.8 Å². The van der Waals surface area contributed by atoms with E-state index < -0.39 is 25.4 Å². The Labute approximate surface area is 116 Å². The van der Waals surface area contributed by atoms with E-state index >= 15 is 0 Å². The standard InChI is InChI=1S/C13H26O5Si/c1-9-12(3)10(18-19(6,7)14)11(2,17-9)8-16-13(12,4)15-5/h9-10,14H,8H2,1-7H3/t9?,10?,11-,12?,13?/m1/s1. The number of methoxy groups -OCH3 is 1. The molecule has 5 nitrogen and oxygen atoms in total. The summed E-state index contributed by atoms with van der Waals surface area (Å²) in [5.41, 5.74) is -1.01. The third-order valence-electron chi connectivity index (χ3n) is 4.80. The molecule has 0 aliphatic carbocycles. The molecule has 112 valence electrons. The fourth-order valence-electron chi connectivity index (χ4n) is 3.40. The molecule has 0 saturated carbocycles. The Bertz CT molecular complexity index is 371. The fourth-order valence-corrected chi connectivity index (χ4v) is 4.47. The van der Waals surface area contributed by atoms with Crippen molar-refractivity contribution in [1.82, 2.24) is 0 Å². The Morgan fingerprint density at radius 3 is 2.32 bits per heavy atom. The van der Waals surface area contributed by atoms with Crippen LogP contribution in [-0.2, 0) is 18.6 Å². The summed E-state index contributed by atoms with van der Waals surface area (Å²) in [7, 11) is -1.04. The third-order valence-corrected chi connectivity index (χ3v) is 5.61. The van der Waals surface area contributed by atoms with Gasteiger partial charge < -0.3 is 23.4 Å². The van der Waals surface area contributed by atoms with E-state index in [4.69, 9.17) is 18.6 Å². The van der Waals surface area contributed by atoms with Crippen LogP contribution in [0.3, 0.4) is 0 Å². The second-order valence-corrected chi connectivity index (χ2v) is 9.87. The number of ether oxygens (including phenoxy) is 3. The van der Waals surface area contributed by atoms with Gasteiger partial charge in [0.2, 0.25) is 0 Å². The van der Waals surface area contributed by atoms with Gasteiger partial charge in [-0.2, -0.15) is 0 Å². The highest BCUT2D eigenvalue weighted by molar-refractivity contribution is 6.63. The van der Waals surface area contributed by atoms with Crippen LogP contribution in [0.1, 0.15) is 27.7 Å². The summed E-state index contributed by atoms with van der Waals surface area (Å²) in [6.45, 7) is 11.9. The highest BCUT2D eigenvalue weighted by Gasteiger charge is 2.71. The highest BCUT2D eigenvalue weighted by Crippen LogP contribution is 2.57. The van der Waals surface area contributed by atoms with Crippen LogP contribution in [0.4, 0.5) is 0 Å². The van der Waals surface area contributed by atoms with E-state index in [1.54, 1.807) is 20.2 Å². The molecule has 0 spiro atoms. The fraction of sp³-hybridized carbons (Fsp3) is 1.00. The molecular weight excluding hydrogens is 264 g/mol. The summed E-state index contributed by atoms with van der Waals surface area (Å²) in [5, 5.41) is 0. The molecule has 0 aromatic carbocycles. The summed E-state index contributed by atoms with van der Waals surface area (Å²) >= 11 is 0. The van der Waals surface area contributed by atoms with Gasteiger partial charge in [0, 0.05) is 7.11 Å². The molecule has 2 rings (SSSR count). The molecule has 6 heteroatoms. The lowest BCUT2D eigenvalue weighted by Crippen LogP contribution is -2.66. The Hall–Kier alpha value is 0.0169. The normalized spacial score (nSPS) is 50.5. The summed E-state index contributed by atoms with van der Waals surface area (Å²) in [5.74, 6) is -0.785. The lowest BCUT2D eigenvalue weighted by Gasteiger charge is -2.53. The van der Waals surface area contributed by atoms with Gasteiger partial charge in [-0.25, -0.2) is 0 Å². The predicted molar refractivity (Wildman–Crippen MR) is 73.0 cm³/mol. The number of rotatable bonds is 3. The van der Waals surface area contributed by atoms with Crippen molar-refractivity contribution in [3.63, 3.8) is 0 Å². The lowest BCUT2D eigenvalue weighted by atomic mass is 9.69. The van der Waals surface area contributed by atoms with Gasteiger partial charge in [-0.15, -0.1) is 0 Å². The maximum Gasteiger partial charge on any atom is 0.329 e. The summed E-state index contributed by atoms with van der Waals surface area (Å²) in [6, 6.07) is 0. The first-order chi connectivity index (χ1) is 8.48. The van der Waals surface area contributed by atoms with Gasteiger partial charge >= 0.3 is 8.56 Å². The van der Waals surface area contributed by atoms with Crippen LogP contribution in [0.25, 0.3) is 0 Å². The van der Waals surface area contributed by atoms with E-state index in [1.807, 2.05) is 20.8 Å². The maximum absolute atomic E-state index is 10.2. The average Bonchev–Trinajstić information content (AvgIpc) is 2.41. The quantitative estimate of drug-likeness (QED) is 0.801. The van der Waals surface area contributed by atoms with Crippen molar-refractivity contribution >= 4 is 8.56 Å². The first kappa shape index (κ1) is 15.4. The molecule has 0 amide bonds. The lowest BCUT2D eigenvalue weighted by molar-refractivity contribution is -0.320. The molecular formula is C13H26O5Si. The zero-order valence-electron chi connectivity index (χ0n) is 12.9. The number of fused-ring (bicyclic) bond motifs is 2. The Kier molecular flexibility index (Phi) is 3.45. The second kappa shape index (κ2) is 4.25. The van der Waals surface area contributed by atoms with Crippen LogP contribution in [-0.4, -0.2) is 50.7 Å². The second-order valence-electron chi connectivity index (χ2n) is 6.74. The first-order valence-electron chi connectivity index (χ1n) is 6.76. The third kappa shape index (κ3) is 2.09. The molecule has 2 saturated heterocycles. The van der Waals surface area contributed by atoms with Crippen molar-refractivity contribution in [2.75, 3.05) is 13.7 Å². The predicted octanol–water partition coefficient (Wildman–Crippen LogP) is 1.64. The van der Waals surface area contributed by atoms with Crippen LogP contribution in [0.2, 0.25) is 13.1 Å². The minimum atomic E-state index is -2.68. The van der Waals surface area contributed by atoms with E-state index in [0.717, 1.165) is 0 Å². The van der Waals surface area contributed by atoms with Crippen molar-refractivity contribution < 1.29 is 23.4 Å². The monoisotopic (exact) mass is 290 g/mol. The Morgan fingerprint density at radius 2 is 1.84 bits per heavy atom. The molecule has 2 heterocycles. The van der Waals surface area contributed by atoms with Gasteiger partial charge in [0.15, 0.2) is 5.79 Å². The minimum Gasteiger partial charge on any atom is -0.411 e. The molecule has 2 aliphatic rings. The van der Waals surface area contributed by atoms with Crippen molar-refractivity contribution in [3.05, 3.63) is 0 Å². The van der Waals surface area contributed by atoms with Crippen molar-refractivity contribution in [2.45, 2.75) is 64.4 Å². The number of hydrogen-bond acceptors (Lipinski definition) is 5. The molecule has 2 aliphatic heterocycles. The molecule has 4 unspecified atom stereocenters. The smallest absolute Gasteiger partial charge is 0.329 e. The van der Waals surface area contributed by atoms with Crippen LogP contribution >= 0.6 is 0 Å². The van der Waals surface area contributed by atoms with E-state index in [9.17, 15) is 4.80 Å². The summed E-state index contributed by atoms with van der Waals surface area (Å²) in [6.07, 6.45) is -0.327. The summed E-state index contributed by atoms with van der Waals surface area (Å²) in [4.78, 5) is 10.2. The molecule has 5 atom stereocenters. The maximum atomic E-state index is 10.2. The van der Waals surface area contributed by atoms with Gasteiger partial charge in [0.25, 0.3) is 0 Å². The first-order valence-corrected chi connectivity index (χ1v) is 9.61. The average molecular weight is 290 g/mol. The number of hydrogen-bond donors (Lipinski definition) is 1. The van der Waals surface area contributed by atoms with Gasteiger partial charge in [-0.1, -0.05) is 0 Å². The SMILES string of the molecule is COC1(C)OC[C@@]2(C)OC(C)C1(C)C2O[Si](C)(C)O. The topological polar surface area (TPSA) is 57.2 Å². The van der Waals surface area contributed by atoms with Crippen molar-refractivity contribution in [2.24, 2.45) is 5.41 Å². The van der Waals surface area contributed by atoms with Crippen molar-refractivity contribution in [3.8, 4) is 0 Å². The van der Waals surface area contributed by atoms with Crippen LogP contribution in [0, 0.1) is 5.41 Å². The van der Waals surface area contributed by atoms with E-state index in [1.165, 1.54) is 0 Å². The molecule has 2 bridgehead atoms.